The highest BCUT2D eigenvalue weighted by Gasteiger charge is 2.23. The number of hydrogen-bond donors (Lipinski definition) is 1. The normalized spacial score (nSPS) is 14.2. The predicted molar refractivity (Wildman–Crippen MR) is 85.8 cm³/mol. The van der Waals surface area contributed by atoms with Crippen molar-refractivity contribution < 1.29 is 4.39 Å². The first-order valence-corrected chi connectivity index (χ1v) is 8.20. The van der Waals surface area contributed by atoms with Gasteiger partial charge in [0, 0.05) is 16.6 Å². The third-order valence-corrected chi connectivity index (χ3v) is 4.07. The highest BCUT2D eigenvalue weighted by Crippen LogP contribution is 2.31. The molecule has 0 bridgehead atoms. The summed E-state index contributed by atoms with van der Waals surface area (Å²) >= 11 is 5.86. The molecule has 1 rings (SSSR count). The lowest BCUT2D eigenvalue weighted by Gasteiger charge is -2.28. The minimum Gasteiger partial charge on any atom is -0.310 e. The highest BCUT2D eigenvalue weighted by molar-refractivity contribution is 6.30. The van der Waals surface area contributed by atoms with Crippen LogP contribution in [0.1, 0.15) is 64.5 Å². The van der Waals surface area contributed by atoms with Crippen molar-refractivity contribution in [2.75, 3.05) is 6.54 Å². The minimum absolute atomic E-state index is 0.0868. The van der Waals surface area contributed by atoms with E-state index in [1.54, 1.807) is 6.07 Å². The lowest BCUT2D eigenvalue weighted by Crippen LogP contribution is -2.29. The van der Waals surface area contributed by atoms with Crippen molar-refractivity contribution in [2.24, 2.45) is 5.92 Å². The molecule has 2 unspecified atom stereocenters. The van der Waals surface area contributed by atoms with Crippen molar-refractivity contribution in [3.63, 3.8) is 0 Å². The molecule has 0 saturated carbocycles. The molecular weight excluding hydrogens is 273 g/mol. The average molecular weight is 300 g/mol. The minimum atomic E-state index is -0.193. The van der Waals surface area contributed by atoms with Gasteiger partial charge in [-0.3, -0.25) is 0 Å². The van der Waals surface area contributed by atoms with Gasteiger partial charge in [-0.1, -0.05) is 57.7 Å². The summed E-state index contributed by atoms with van der Waals surface area (Å²) in [6, 6.07) is 5.13. The fraction of sp³-hybridized carbons (Fsp3) is 0.647. The van der Waals surface area contributed by atoms with Crippen LogP contribution in [0, 0.1) is 11.7 Å². The molecule has 0 aliphatic carbocycles. The largest absolute Gasteiger partial charge is 0.310 e. The van der Waals surface area contributed by atoms with Crippen molar-refractivity contribution in [2.45, 2.75) is 58.9 Å². The lowest BCUT2D eigenvalue weighted by molar-refractivity contribution is 0.316. The molecule has 1 nitrogen and oxygen atoms in total. The van der Waals surface area contributed by atoms with E-state index in [4.69, 9.17) is 11.6 Å². The summed E-state index contributed by atoms with van der Waals surface area (Å²) in [5.74, 6) is 0.276. The number of halogens is 2. The van der Waals surface area contributed by atoms with Gasteiger partial charge in [-0.2, -0.15) is 0 Å². The van der Waals surface area contributed by atoms with Crippen LogP contribution in [0.3, 0.4) is 0 Å². The Morgan fingerprint density at radius 2 is 1.95 bits per heavy atom. The zero-order valence-corrected chi connectivity index (χ0v) is 13.6. The number of hydrogen-bond acceptors (Lipinski definition) is 1. The number of benzene rings is 1. The van der Waals surface area contributed by atoms with Crippen molar-refractivity contribution in [1.29, 1.82) is 0 Å². The van der Waals surface area contributed by atoms with E-state index in [1.165, 1.54) is 18.9 Å². The molecule has 0 aliphatic heterocycles. The van der Waals surface area contributed by atoms with Gasteiger partial charge in [-0.25, -0.2) is 4.39 Å². The smallest absolute Gasteiger partial charge is 0.129 e. The van der Waals surface area contributed by atoms with Crippen molar-refractivity contribution in [3.8, 4) is 0 Å². The molecule has 0 saturated heterocycles. The van der Waals surface area contributed by atoms with E-state index in [-0.39, 0.29) is 11.9 Å². The summed E-state index contributed by atoms with van der Waals surface area (Å²) in [7, 11) is 0. The predicted octanol–water partition coefficient (Wildman–Crippen LogP) is 5.74. The van der Waals surface area contributed by atoms with Gasteiger partial charge in [-0.15, -0.1) is 0 Å². The van der Waals surface area contributed by atoms with Crippen LogP contribution in [-0.4, -0.2) is 6.54 Å². The average Bonchev–Trinajstić information content (AvgIpc) is 2.43. The van der Waals surface area contributed by atoms with Gasteiger partial charge in [0.05, 0.1) is 0 Å². The second-order valence-electron chi connectivity index (χ2n) is 5.41. The third kappa shape index (κ3) is 5.06. The highest BCUT2D eigenvalue weighted by atomic mass is 35.5. The number of rotatable bonds is 9. The fourth-order valence-corrected chi connectivity index (χ4v) is 2.82. The molecular formula is C17H27ClFN. The van der Waals surface area contributed by atoms with Gasteiger partial charge >= 0.3 is 0 Å². The second kappa shape index (κ2) is 9.36. The Kier molecular flexibility index (Phi) is 8.16. The van der Waals surface area contributed by atoms with Crippen LogP contribution in [0.25, 0.3) is 0 Å². The van der Waals surface area contributed by atoms with Gasteiger partial charge in [0.15, 0.2) is 0 Å². The third-order valence-electron chi connectivity index (χ3n) is 3.84. The van der Waals surface area contributed by atoms with Crippen LogP contribution in [0.5, 0.6) is 0 Å². The molecule has 20 heavy (non-hydrogen) atoms. The maximum absolute atomic E-state index is 14.2. The summed E-state index contributed by atoms with van der Waals surface area (Å²) in [5.41, 5.74) is 0.755. The van der Waals surface area contributed by atoms with Gasteiger partial charge in [0.1, 0.15) is 5.82 Å². The first-order chi connectivity index (χ1) is 9.63. The van der Waals surface area contributed by atoms with Crippen LogP contribution >= 0.6 is 11.6 Å². The fourth-order valence-electron chi connectivity index (χ4n) is 2.66. The Bertz CT molecular complexity index is 395. The van der Waals surface area contributed by atoms with Crippen LogP contribution < -0.4 is 5.32 Å². The van der Waals surface area contributed by atoms with Gasteiger partial charge < -0.3 is 5.32 Å². The molecule has 0 heterocycles. The van der Waals surface area contributed by atoms with Crippen LogP contribution in [0.2, 0.25) is 5.02 Å². The van der Waals surface area contributed by atoms with E-state index in [0.29, 0.717) is 10.9 Å². The van der Waals surface area contributed by atoms with Gasteiger partial charge in [0.2, 0.25) is 0 Å². The Balaban J connectivity index is 2.96. The zero-order chi connectivity index (χ0) is 15.0. The van der Waals surface area contributed by atoms with Crippen LogP contribution in [0.4, 0.5) is 4.39 Å². The standard InChI is InChI=1S/C17H27ClFN/c1-4-7-8-13(6-3)17(20-11-5-2)15-10-9-14(18)12-16(15)19/h9-10,12-13,17,20H,4-8,11H2,1-3H3. The van der Waals surface area contributed by atoms with Crippen molar-refractivity contribution in [3.05, 3.63) is 34.6 Å². The second-order valence-corrected chi connectivity index (χ2v) is 5.84. The van der Waals surface area contributed by atoms with E-state index in [1.807, 2.05) is 6.07 Å². The maximum atomic E-state index is 14.2. The van der Waals surface area contributed by atoms with Crippen LogP contribution in [0.15, 0.2) is 18.2 Å². The molecule has 1 aromatic carbocycles. The molecule has 0 amide bonds. The molecule has 1 N–H and O–H groups in total. The van der Waals surface area contributed by atoms with Gasteiger partial charge in [0.25, 0.3) is 0 Å². The molecule has 1 aromatic rings. The first kappa shape index (κ1) is 17.5. The molecule has 0 spiro atoms. The molecule has 2 atom stereocenters. The molecule has 0 aromatic heterocycles. The lowest BCUT2D eigenvalue weighted by atomic mass is 9.86. The Morgan fingerprint density at radius 3 is 2.50 bits per heavy atom. The summed E-state index contributed by atoms with van der Waals surface area (Å²) in [4.78, 5) is 0. The summed E-state index contributed by atoms with van der Waals surface area (Å²) in [6.07, 6.45) is 5.62. The Labute approximate surface area is 127 Å². The molecule has 3 heteroatoms. The molecule has 0 aliphatic rings. The van der Waals surface area contributed by atoms with E-state index in [9.17, 15) is 4.39 Å². The van der Waals surface area contributed by atoms with Crippen molar-refractivity contribution >= 4 is 11.6 Å². The Hall–Kier alpha value is -0.600. The van der Waals surface area contributed by atoms with E-state index >= 15 is 0 Å². The number of unbranched alkanes of at least 4 members (excludes halogenated alkanes) is 1. The van der Waals surface area contributed by atoms with E-state index < -0.39 is 0 Å². The molecule has 0 radical (unpaired) electrons. The van der Waals surface area contributed by atoms with Crippen molar-refractivity contribution in [1.82, 2.24) is 5.32 Å². The quantitative estimate of drug-likeness (QED) is 0.613. The summed E-state index contributed by atoms with van der Waals surface area (Å²) in [5, 5.41) is 3.98. The first-order valence-electron chi connectivity index (χ1n) is 7.82. The molecule has 114 valence electrons. The van der Waals surface area contributed by atoms with E-state index in [2.05, 4.69) is 26.1 Å². The summed E-state index contributed by atoms with van der Waals surface area (Å²) in [6.45, 7) is 7.43. The monoisotopic (exact) mass is 299 g/mol. The maximum Gasteiger partial charge on any atom is 0.129 e. The topological polar surface area (TPSA) is 12.0 Å². The zero-order valence-electron chi connectivity index (χ0n) is 12.9. The number of nitrogens with one attached hydrogen (secondary N) is 1. The SMILES string of the molecule is CCCCC(CC)C(NCCC)c1ccc(Cl)cc1F. The van der Waals surface area contributed by atoms with E-state index in [0.717, 1.165) is 31.4 Å². The Morgan fingerprint density at radius 1 is 1.20 bits per heavy atom. The van der Waals surface area contributed by atoms with Crippen LogP contribution in [-0.2, 0) is 0 Å². The van der Waals surface area contributed by atoms with Gasteiger partial charge in [-0.05, 0) is 37.4 Å². The summed E-state index contributed by atoms with van der Waals surface area (Å²) < 4.78 is 14.2. The molecule has 0 fully saturated rings.